The lowest BCUT2D eigenvalue weighted by atomic mass is 9.90. The molecule has 0 aliphatic carbocycles. The van der Waals surface area contributed by atoms with Crippen LogP contribution in [-0.4, -0.2) is 18.4 Å². The first-order valence-electron chi connectivity index (χ1n) is 5.68. The monoisotopic (exact) mass is 262 g/mol. The Hall–Kier alpha value is -1.23. The maximum Gasteiger partial charge on any atom is 0.389 e. The van der Waals surface area contributed by atoms with Crippen LogP contribution < -0.4 is 4.74 Å². The van der Waals surface area contributed by atoms with Crippen LogP contribution in [0.5, 0.6) is 5.75 Å². The molecule has 1 N–H and O–H groups in total. The second-order valence-electron chi connectivity index (χ2n) is 4.47. The summed E-state index contributed by atoms with van der Waals surface area (Å²) in [5.74, 6) is 0.643. The largest absolute Gasteiger partial charge is 0.497 e. The lowest BCUT2D eigenvalue weighted by Gasteiger charge is -2.24. The third-order valence-electron chi connectivity index (χ3n) is 2.84. The van der Waals surface area contributed by atoms with Crippen molar-refractivity contribution in [3.8, 4) is 5.75 Å². The van der Waals surface area contributed by atoms with Gasteiger partial charge in [0.2, 0.25) is 0 Å². The minimum Gasteiger partial charge on any atom is -0.497 e. The molecule has 1 aromatic rings. The topological polar surface area (TPSA) is 29.5 Å². The number of aliphatic hydroxyl groups is 1. The van der Waals surface area contributed by atoms with Crippen LogP contribution in [0.2, 0.25) is 0 Å². The summed E-state index contributed by atoms with van der Waals surface area (Å²) >= 11 is 0. The van der Waals surface area contributed by atoms with Gasteiger partial charge in [-0.25, -0.2) is 0 Å². The molecule has 0 spiro atoms. The minimum absolute atomic E-state index is 0.0683. The van der Waals surface area contributed by atoms with Crippen LogP contribution in [0.1, 0.15) is 31.7 Å². The predicted molar refractivity (Wildman–Crippen MR) is 62.5 cm³/mol. The normalized spacial score (nSPS) is 15.2. The fourth-order valence-electron chi connectivity index (χ4n) is 1.73. The van der Waals surface area contributed by atoms with E-state index in [0.717, 1.165) is 0 Å². The molecule has 1 aromatic carbocycles. The van der Waals surface area contributed by atoms with Gasteiger partial charge in [0, 0.05) is 6.42 Å². The number of hydrogen-bond acceptors (Lipinski definition) is 2. The van der Waals surface area contributed by atoms with Crippen LogP contribution in [0.3, 0.4) is 0 Å². The molecule has 1 unspecified atom stereocenters. The van der Waals surface area contributed by atoms with E-state index >= 15 is 0 Å². The molecule has 0 aliphatic heterocycles. The van der Waals surface area contributed by atoms with Gasteiger partial charge in [-0.3, -0.25) is 0 Å². The molecule has 102 valence electrons. The molecule has 1 rings (SSSR count). The Balaban J connectivity index is 2.61. The quantitative estimate of drug-likeness (QED) is 0.878. The second-order valence-corrected chi connectivity index (χ2v) is 4.47. The highest BCUT2D eigenvalue weighted by molar-refractivity contribution is 5.30. The first-order chi connectivity index (χ1) is 8.24. The molecule has 0 bridgehead atoms. The van der Waals surface area contributed by atoms with Gasteiger partial charge in [0.15, 0.2) is 0 Å². The zero-order chi connectivity index (χ0) is 13.8. The molecule has 0 radical (unpaired) electrons. The van der Waals surface area contributed by atoms with Crippen molar-refractivity contribution in [2.24, 2.45) is 0 Å². The van der Waals surface area contributed by atoms with Gasteiger partial charge in [-0.1, -0.05) is 12.1 Å². The summed E-state index contributed by atoms with van der Waals surface area (Å²) in [7, 11) is 1.52. The predicted octanol–water partition coefficient (Wildman–Crippen LogP) is 3.64. The highest BCUT2D eigenvalue weighted by Gasteiger charge is 2.29. The molecule has 0 saturated carbocycles. The van der Waals surface area contributed by atoms with Crippen molar-refractivity contribution >= 4 is 0 Å². The molecular weight excluding hydrogens is 245 g/mol. The SMILES string of the molecule is COc1ccc(C(C)(O)CCCC(F)(F)F)cc1. The van der Waals surface area contributed by atoms with E-state index in [-0.39, 0.29) is 12.8 Å². The summed E-state index contributed by atoms with van der Waals surface area (Å²) in [5.41, 5.74) is -0.664. The number of halogens is 3. The number of ether oxygens (including phenoxy) is 1. The van der Waals surface area contributed by atoms with Crippen LogP contribution >= 0.6 is 0 Å². The van der Waals surface area contributed by atoms with E-state index in [1.807, 2.05) is 0 Å². The van der Waals surface area contributed by atoms with E-state index in [1.165, 1.54) is 14.0 Å². The Kier molecular flexibility index (Phi) is 4.62. The van der Waals surface area contributed by atoms with E-state index in [0.29, 0.717) is 11.3 Å². The van der Waals surface area contributed by atoms with Gasteiger partial charge >= 0.3 is 6.18 Å². The zero-order valence-corrected chi connectivity index (χ0v) is 10.4. The average Bonchev–Trinajstić information content (AvgIpc) is 2.27. The maximum atomic E-state index is 12.0. The number of methoxy groups -OCH3 is 1. The van der Waals surface area contributed by atoms with Crippen LogP contribution in [0.25, 0.3) is 0 Å². The Morgan fingerprint density at radius 3 is 2.11 bits per heavy atom. The third kappa shape index (κ3) is 4.56. The number of rotatable bonds is 5. The molecule has 0 amide bonds. The van der Waals surface area contributed by atoms with E-state index < -0.39 is 18.2 Å². The van der Waals surface area contributed by atoms with Crippen LogP contribution in [-0.2, 0) is 5.60 Å². The Morgan fingerprint density at radius 2 is 1.67 bits per heavy atom. The molecule has 5 heteroatoms. The Morgan fingerprint density at radius 1 is 1.11 bits per heavy atom. The van der Waals surface area contributed by atoms with Crippen molar-refractivity contribution in [2.75, 3.05) is 7.11 Å². The third-order valence-corrected chi connectivity index (χ3v) is 2.84. The summed E-state index contributed by atoms with van der Waals surface area (Å²) in [5, 5.41) is 10.1. The summed E-state index contributed by atoms with van der Waals surface area (Å²) < 4.78 is 41.1. The summed E-state index contributed by atoms with van der Waals surface area (Å²) in [6.07, 6.45) is -5.07. The van der Waals surface area contributed by atoms with Gasteiger partial charge in [-0.05, 0) is 37.5 Å². The molecule has 0 fully saturated rings. The highest BCUT2D eigenvalue weighted by atomic mass is 19.4. The Labute approximate surface area is 104 Å². The van der Waals surface area contributed by atoms with Gasteiger partial charge in [-0.2, -0.15) is 13.2 Å². The molecule has 2 nitrogen and oxygen atoms in total. The van der Waals surface area contributed by atoms with Gasteiger partial charge < -0.3 is 9.84 Å². The summed E-state index contributed by atoms with van der Waals surface area (Å²) in [6, 6.07) is 6.67. The molecule has 0 aliphatic rings. The van der Waals surface area contributed by atoms with E-state index in [1.54, 1.807) is 24.3 Å². The molecule has 0 saturated heterocycles. The van der Waals surface area contributed by atoms with E-state index in [2.05, 4.69) is 0 Å². The van der Waals surface area contributed by atoms with Crippen molar-refractivity contribution < 1.29 is 23.0 Å². The smallest absolute Gasteiger partial charge is 0.389 e. The van der Waals surface area contributed by atoms with Crippen molar-refractivity contribution in [3.63, 3.8) is 0 Å². The lowest BCUT2D eigenvalue weighted by Crippen LogP contribution is -2.22. The second kappa shape index (κ2) is 5.61. The van der Waals surface area contributed by atoms with Gasteiger partial charge in [0.1, 0.15) is 5.75 Å². The maximum absolute atomic E-state index is 12.0. The summed E-state index contributed by atoms with van der Waals surface area (Å²) in [6.45, 7) is 1.52. The number of benzene rings is 1. The van der Waals surface area contributed by atoms with Crippen LogP contribution in [0, 0.1) is 0 Å². The zero-order valence-electron chi connectivity index (χ0n) is 10.4. The molecule has 0 heterocycles. The molecule has 18 heavy (non-hydrogen) atoms. The first-order valence-corrected chi connectivity index (χ1v) is 5.68. The van der Waals surface area contributed by atoms with Crippen molar-refractivity contribution in [2.45, 2.75) is 38.0 Å². The van der Waals surface area contributed by atoms with E-state index in [4.69, 9.17) is 4.74 Å². The van der Waals surface area contributed by atoms with Gasteiger partial charge in [-0.15, -0.1) is 0 Å². The average molecular weight is 262 g/mol. The van der Waals surface area contributed by atoms with Crippen molar-refractivity contribution in [1.29, 1.82) is 0 Å². The molecule has 0 aromatic heterocycles. The molecule has 1 atom stereocenters. The lowest BCUT2D eigenvalue weighted by molar-refractivity contribution is -0.137. The first kappa shape index (κ1) is 14.8. The fourth-order valence-corrected chi connectivity index (χ4v) is 1.73. The standard InChI is InChI=1S/C13H17F3O2/c1-12(17,8-3-9-13(14,15)16)10-4-6-11(18-2)7-5-10/h4-7,17H,3,8-9H2,1-2H3. The fraction of sp³-hybridized carbons (Fsp3) is 0.538. The Bertz CT molecular complexity index is 369. The number of hydrogen-bond donors (Lipinski definition) is 1. The minimum atomic E-state index is -4.17. The van der Waals surface area contributed by atoms with Crippen LogP contribution in [0.4, 0.5) is 13.2 Å². The van der Waals surface area contributed by atoms with Gasteiger partial charge in [0.25, 0.3) is 0 Å². The van der Waals surface area contributed by atoms with Crippen molar-refractivity contribution in [1.82, 2.24) is 0 Å². The highest BCUT2D eigenvalue weighted by Crippen LogP contribution is 2.31. The van der Waals surface area contributed by atoms with Gasteiger partial charge in [0.05, 0.1) is 12.7 Å². The number of alkyl halides is 3. The van der Waals surface area contributed by atoms with Crippen LogP contribution in [0.15, 0.2) is 24.3 Å². The van der Waals surface area contributed by atoms with E-state index in [9.17, 15) is 18.3 Å². The summed E-state index contributed by atoms with van der Waals surface area (Å²) in [4.78, 5) is 0. The van der Waals surface area contributed by atoms with Crippen molar-refractivity contribution in [3.05, 3.63) is 29.8 Å². The molecular formula is C13H17F3O2.